The van der Waals surface area contributed by atoms with Crippen LogP contribution in [0.3, 0.4) is 0 Å². The van der Waals surface area contributed by atoms with Crippen LogP contribution in [0.1, 0.15) is 11.4 Å². The van der Waals surface area contributed by atoms with Gasteiger partial charge in [0, 0.05) is 40.8 Å². The van der Waals surface area contributed by atoms with Gasteiger partial charge in [0.1, 0.15) is 17.3 Å². The molecule has 0 aliphatic carbocycles. The summed E-state index contributed by atoms with van der Waals surface area (Å²) in [6.07, 6.45) is 3.12. The lowest BCUT2D eigenvalue weighted by atomic mass is 9.98. The number of aromatic amines is 1. The average Bonchev–Trinajstić information content (AvgIpc) is 3.17. The van der Waals surface area contributed by atoms with Gasteiger partial charge in [-0.3, -0.25) is 0 Å². The second kappa shape index (κ2) is 7.28. The van der Waals surface area contributed by atoms with Crippen molar-refractivity contribution in [3.8, 4) is 23.0 Å². The Morgan fingerprint density at radius 2 is 1.94 bits per heavy atom. The number of anilines is 2. The molecule has 4 heterocycles. The normalized spacial score (nSPS) is 12.4. The van der Waals surface area contributed by atoms with Gasteiger partial charge in [-0.2, -0.15) is 9.97 Å². The van der Waals surface area contributed by atoms with Crippen LogP contribution >= 0.6 is 11.6 Å². The zero-order chi connectivity index (χ0) is 22.7. The van der Waals surface area contributed by atoms with Gasteiger partial charge in [0.15, 0.2) is 5.75 Å². The van der Waals surface area contributed by atoms with E-state index in [-0.39, 0.29) is 18.4 Å². The molecule has 0 fully saturated rings. The third kappa shape index (κ3) is 3.12. The average molecular weight is 462 g/mol. The summed E-state index contributed by atoms with van der Waals surface area (Å²) in [7, 11) is 1.75. The number of H-pyrrole nitrogens is 1. The Labute approximate surface area is 192 Å². The molecule has 5 aromatic rings. The smallest absolute Gasteiger partial charge is 0.324 e. The highest BCUT2D eigenvalue weighted by Gasteiger charge is 2.25. The maximum absolute atomic E-state index is 15.2. The Bertz CT molecular complexity index is 1570. The molecule has 10 heteroatoms. The summed E-state index contributed by atoms with van der Waals surface area (Å²) in [4.78, 5) is 21.0. The van der Waals surface area contributed by atoms with E-state index in [1.807, 2.05) is 6.07 Å². The van der Waals surface area contributed by atoms with Crippen LogP contribution in [0.15, 0.2) is 36.7 Å². The van der Waals surface area contributed by atoms with E-state index in [9.17, 15) is 0 Å². The van der Waals surface area contributed by atoms with Gasteiger partial charge in [0.05, 0.1) is 34.7 Å². The molecule has 1 aliphatic heterocycles. The van der Waals surface area contributed by atoms with Gasteiger partial charge in [0.25, 0.3) is 0 Å². The van der Waals surface area contributed by atoms with Gasteiger partial charge < -0.3 is 20.4 Å². The first-order chi connectivity index (χ1) is 16.0. The van der Waals surface area contributed by atoms with Crippen molar-refractivity contribution in [3.05, 3.63) is 58.9 Å². The molecule has 0 saturated heterocycles. The number of benzene rings is 2. The van der Waals surface area contributed by atoms with E-state index >= 15 is 4.39 Å². The van der Waals surface area contributed by atoms with E-state index in [1.54, 1.807) is 38.5 Å². The van der Waals surface area contributed by atoms with Crippen LogP contribution < -0.4 is 15.4 Å². The van der Waals surface area contributed by atoms with Gasteiger partial charge >= 0.3 is 6.01 Å². The minimum Gasteiger partial charge on any atom is -0.421 e. The number of halogens is 2. The molecule has 0 unspecified atom stereocenters. The van der Waals surface area contributed by atoms with E-state index < -0.39 is 0 Å². The topological polar surface area (TPSA) is 101 Å². The van der Waals surface area contributed by atoms with E-state index in [1.165, 1.54) is 6.07 Å². The molecule has 8 nitrogen and oxygen atoms in total. The molecule has 0 amide bonds. The number of nitrogens with zero attached hydrogens (tertiary/aromatic N) is 4. The van der Waals surface area contributed by atoms with Crippen molar-refractivity contribution in [1.29, 1.82) is 0 Å². The number of ether oxygens (including phenoxy) is 1. The molecule has 3 N–H and O–H groups in total. The molecule has 0 atom stereocenters. The van der Waals surface area contributed by atoms with Crippen molar-refractivity contribution in [3.63, 3.8) is 0 Å². The summed E-state index contributed by atoms with van der Waals surface area (Å²) in [5.74, 6) is 0.711. The van der Waals surface area contributed by atoms with E-state index in [4.69, 9.17) is 21.3 Å². The van der Waals surface area contributed by atoms with E-state index in [0.717, 1.165) is 22.2 Å². The highest BCUT2D eigenvalue weighted by Crippen LogP contribution is 2.43. The van der Waals surface area contributed by atoms with E-state index in [0.29, 0.717) is 44.6 Å². The minimum atomic E-state index is -0.325. The number of aromatic nitrogens is 5. The summed E-state index contributed by atoms with van der Waals surface area (Å²) >= 11 is 6.26. The highest BCUT2D eigenvalue weighted by molar-refractivity contribution is 6.31. The molecule has 6 rings (SSSR count). The van der Waals surface area contributed by atoms with Gasteiger partial charge in [-0.1, -0.05) is 11.6 Å². The van der Waals surface area contributed by atoms with Crippen LogP contribution in [0.2, 0.25) is 5.02 Å². The Hall–Kier alpha value is -3.98. The van der Waals surface area contributed by atoms with Gasteiger partial charge in [-0.25, -0.2) is 14.4 Å². The molecule has 3 aromatic heterocycles. The third-order valence-corrected chi connectivity index (χ3v) is 5.93. The third-order valence-electron chi connectivity index (χ3n) is 5.69. The van der Waals surface area contributed by atoms with Crippen molar-refractivity contribution < 1.29 is 9.13 Å². The standard InChI is InChI=1S/C23H17ClFN7O/c1-10-27-7-12(8-28-10)33-23-31-20-13-4-3-11(24)5-16(13)29-9-14-15(25)6-17(26-2)21-18(14)19(20)22(30-21)32-23/h3-8,26,29H,9H2,1-2H3,(H,30,31,32). The number of hydrogen-bond donors (Lipinski definition) is 3. The SMILES string of the molecule is CNc1cc(F)c2c3c1[nH]c1nc(Oc4cnc(C)nc4)nc(c13)-c1ccc(Cl)cc1NC2. The fraction of sp³-hybridized carbons (Fsp3) is 0.130. The molecule has 0 spiro atoms. The predicted octanol–water partition coefficient (Wildman–Crippen LogP) is 5.43. The highest BCUT2D eigenvalue weighted by atomic mass is 35.5. The summed E-state index contributed by atoms with van der Waals surface area (Å²) in [6, 6.07) is 7.07. The molecule has 0 bridgehead atoms. The Morgan fingerprint density at radius 3 is 2.73 bits per heavy atom. The Balaban J connectivity index is 1.69. The van der Waals surface area contributed by atoms with Gasteiger partial charge in [-0.15, -0.1) is 0 Å². The van der Waals surface area contributed by atoms with E-state index in [2.05, 4.69) is 30.6 Å². The Kier molecular flexibility index (Phi) is 4.34. The predicted molar refractivity (Wildman–Crippen MR) is 126 cm³/mol. The summed E-state index contributed by atoms with van der Waals surface area (Å²) in [5.41, 5.74) is 4.57. The van der Waals surface area contributed by atoms with Gasteiger partial charge in [0.2, 0.25) is 0 Å². The summed E-state index contributed by atoms with van der Waals surface area (Å²) < 4.78 is 21.1. The van der Waals surface area contributed by atoms with Crippen LogP contribution in [-0.2, 0) is 6.54 Å². The minimum absolute atomic E-state index is 0.117. The maximum atomic E-state index is 15.2. The summed E-state index contributed by atoms with van der Waals surface area (Å²) in [6.45, 7) is 2.07. The number of fused-ring (bicyclic) bond motifs is 2. The molecule has 164 valence electrons. The van der Waals surface area contributed by atoms with Crippen LogP contribution in [-0.4, -0.2) is 32.0 Å². The largest absolute Gasteiger partial charge is 0.421 e. The molecule has 33 heavy (non-hydrogen) atoms. The van der Waals surface area contributed by atoms with Crippen molar-refractivity contribution in [2.75, 3.05) is 17.7 Å². The number of hydrogen-bond acceptors (Lipinski definition) is 7. The maximum Gasteiger partial charge on any atom is 0.324 e. The first-order valence-corrected chi connectivity index (χ1v) is 10.6. The van der Waals surface area contributed by atoms with Gasteiger partial charge in [-0.05, 0) is 31.2 Å². The monoisotopic (exact) mass is 461 g/mol. The van der Waals surface area contributed by atoms with Crippen LogP contribution in [0.25, 0.3) is 33.2 Å². The fourth-order valence-corrected chi connectivity index (χ4v) is 4.36. The van der Waals surface area contributed by atoms with Crippen LogP contribution in [0, 0.1) is 12.7 Å². The second-order valence-electron chi connectivity index (χ2n) is 7.70. The lowest BCUT2D eigenvalue weighted by Gasteiger charge is -2.18. The number of nitrogens with one attached hydrogen (secondary N) is 3. The molecule has 1 aliphatic rings. The van der Waals surface area contributed by atoms with Crippen LogP contribution in [0.4, 0.5) is 15.8 Å². The van der Waals surface area contributed by atoms with Crippen molar-refractivity contribution in [1.82, 2.24) is 24.9 Å². The molecular formula is C23H17ClFN7O. The quantitative estimate of drug-likeness (QED) is 0.329. The summed E-state index contributed by atoms with van der Waals surface area (Å²) in [5, 5.41) is 8.38. The molecule has 0 saturated carbocycles. The zero-order valence-corrected chi connectivity index (χ0v) is 18.4. The first-order valence-electron chi connectivity index (χ1n) is 10.2. The van der Waals surface area contributed by atoms with Crippen molar-refractivity contribution in [2.24, 2.45) is 0 Å². The molecular weight excluding hydrogens is 445 g/mol. The lowest BCUT2D eigenvalue weighted by molar-refractivity contribution is 0.440. The fourth-order valence-electron chi connectivity index (χ4n) is 4.18. The zero-order valence-electron chi connectivity index (χ0n) is 17.6. The number of rotatable bonds is 3. The van der Waals surface area contributed by atoms with Crippen LogP contribution in [0.5, 0.6) is 11.8 Å². The molecule has 0 radical (unpaired) electrons. The second-order valence-corrected chi connectivity index (χ2v) is 8.14. The first kappa shape index (κ1) is 19.7. The molecule has 2 aromatic carbocycles. The number of aryl methyl sites for hydroxylation is 1. The van der Waals surface area contributed by atoms with Crippen molar-refractivity contribution in [2.45, 2.75) is 13.5 Å². The lowest BCUT2D eigenvalue weighted by Crippen LogP contribution is -2.08. The van der Waals surface area contributed by atoms with Crippen molar-refractivity contribution >= 4 is 44.9 Å². The Morgan fingerprint density at radius 1 is 1.12 bits per heavy atom.